The zero-order valence-corrected chi connectivity index (χ0v) is 68.4. The van der Waals surface area contributed by atoms with Crippen LogP contribution in [0.5, 0.6) is 0 Å². The molecule has 0 saturated carbocycles. The lowest BCUT2D eigenvalue weighted by Gasteiger charge is -2.15. The zero-order valence-electron chi connectivity index (χ0n) is 100. The third-order valence-corrected chi connectivity index (χ3v) is 22.4. The van der Waals surface area contributed by atoms with Crippen molar-refractivity contribution >= 4 is 111 Å². The van der Waals surface area contributed by atoms with Crippen LogP contribution in [-0.2, 0) is 28.2 Å². The van der Waals surface area contributed by atoms with Crippen LogP contribution in [0.3, 0.4) is 0 Å². The highest BCUT2D eigenvalue weighted by Gasteiger charge is 2.32. The Bertz CT molecular complexity index is 8360. The maximum atomic E-state index is 9.18. The molecule has 0 N–H and O–H groups in total. The molecule has 0 aliphatic rings. The molecule has 8 heterocycles. The fraction of sp³-hybridized carbons (Fsp3) is 0.308. The third kappa shape index (κ3) is 13.8. The fourth-order valence-electron chi connectivity index (χ4n) is 15.5. The Kier molecular flexibility index (Phi) is 13.5. The molecular formula is C104H108N8O4+4. The van der Waals surface area contributed by atoms with Crippen molar-refractivity contribution in [2.75, 3.05) is 0 Å². The van der Waals surface area contributed by atoms with E-state index in [-0.39, 0.29) is 114 Å². The molecule has 4 unspecified atom stereocenters. The normalized spacial score (nSPS) is 18.5. The van der Waals surface area contributed by atoms with Gasteiger partial charge in [-0.2, -0.15) is 18.3 Å². The van der Waals surface area contributed by atoms with Crippen molar-refractivity contribution in [3.63, 3.8) is 0 Å². The van der Waals surface area contributed by atoms with Crippen molar-refractivity contribution in [1.82, 2.24) is 0 Å². The highest BCUT2D eigenvalue weighted by Crippen LogP contribution is 2.47. The predicted molar refractivity (Wildman–Crippen MR) is 479 cm³/mol. The van der Waals surface area contributed by atoms with E-state index in [1.807, 2.05) is 109 Å². The molecule has 4 atom stereocenters. The third-order valence-electron chi connectivity index (χ3n) is 22.4. The number of nitrogens with zero attached hydrogens (tertiary/aromatic N) is 8. The summed E-state index contributed by atoms with van der Waals surface area (Å²) >= 11 is 0. The number of fused-ring (bicyclic) bond motifs is 12. The molecule has 12 heteroatoms. The maximum absolute atomic E-state index is 9.18. The van der Waals surface area contributed by atoms with E-state index in [2.05, 4.69) is 19.4 Å². The van der Waals surface area contributed by atoms with E-state index in [0.717, 1.165) is 110 Å². The van der Waals surface area contributed by atoms with Crippen molar-refractivity contribution in [1.29, 1.82) is 0 Å². The molecule has 0 aliphatic heterocycles. The minimum absolute atomic E-state index is 0.238. The van der Waals surface area contributed by atoms with Gasteiger partial charge in [0.15, 0.2) is 45.5 Å². The highest BCUT2D eigenvalue weighted by atomic mass is 16.3. The minimum Gasteiger partial charge on any atom is -0.456 e. The monoisotopic (exact) mass is 1570 g/mol. The van der Waals surface area contributed by atoms with Crippen LogP contribution >= 0.6 is 0 Å². The summed E-state index contributed by atoms with van der Waals surface area (Å²) in [4.78, 5) is 14.1. The van der Waals surface area contributed by atoms with Crippen molar-refractivity contribution < 1.29 is 79.8 Å². The molecule has 0 fully saturated rings. The van der Waals surface area contributed by atoms with E-state index in [1.165, 1.54) is 0 Å². The van der Waals surface area contributed by atoms with Crippen LogP contribution in [0.25, 0.3) is 152 Å². The molecule has 0 bridgehead atoms. The van der Waals surface area contributed by atoms with E-state index < -0.39 is 78.4 Å². The summed E-state index contributed by atoms with van der Waals surface area (Å²) in [5.74, 6) is -9.45. The molecule has 8 aromatic carbocycles. The maximum Gasteiger partial charge on any atom is 0.216 e. The van der Waals surface area contributed by atoms with Crippen LogP contribution in [0.15, 0.2) is 139 Å². The fourth-order valence-corrected chi connectivity index (χ4v) is 15.5. The molecule has 12 nitrogen and oxygen atoms in total. The zero-order chi connectivity index (χ0) is 111. The number of benzene rings is 8. The van der Waals surface area contributed by atoms with Gasteiger partial charge in [-0.05, 0) is 191 Å². The van der Waals surface area contributed by atoms with E-state index >= 15 is 0 Å². The summed E-state index contributed by atoms with van der Waals surface area (Å²) in [5.41, 5.74) is 13.1. The number of rotatable bonds is 8. The average Bonchev–Trinajstić information content (AvgIpc) is 1.38. The van der Waals surface area contributed by atoms with Gasteiger partial charge < -0.3 is 17.7 Å². The molecule has 0 aliphatic carbocycles. The number of pyridine rings is 4. The number of hydrogen-bond donors (Lipinski definition) is 0. The summed E-state index contributed by atoms with van der Waals surface area (Å²) in [6.07, 6.45) is 0. The van der Waals surface area contributed by atoms with Gasteiger partial charge in [0.1, 0.15) is 72.9 Å². The molecule has 0 radical (unpaired) electrons. The Morgan fingerprint density at radius 2 is 0.690 bits per heavy atom. The Labute approximate surface area is 729 Å². The van der Waals surface area contributed by atoms with E-state index in [0.29, 0.717) is 95.2 Å². The molecule has 0 saturated heterocycles. The van der Waals surface area contributed by atoms with Gasteiger partial charge >= 0.3 is 0 Å². The first kappa shape index (κ1) is 50.0. The Balaban J connectivity index is 0.000000165. The van der Waals surface area contributed by atoms with Gasteiger partial charge in [0.25, 0.3) is 0 Å². The minimum atomic E-state index is -2.89. The van der Waals surface area contributed by atoms with Crippen LogP contribution in [0.4, 0.5) is 22.7 Å². The molecule has 8 aromatic heterocycles. The standard InChI is InChI=1S/4C26H27N2O/c1-14(2)21-13-22(28(8)18(6)17(21)5)25-16(4)11-15(3)24-20-10-9-19(27-7)12-23(20)29-26(24)25;1-14(2)21-13-22(28(8)18(6)17(21)5)25-15(3)9-10-20-24-16(4)11-19(27-7)12-23(24)29-26(20)25;1-14(2)20-12-23(28(8)18(6)17(20)5)25-15(3)9-10-19-21-11-16(4)22(27-7)13-24(21)29-26(19)25;1-14(2)21-13-23(28(8)18(6)16(21)4)24-15(3)9-10-20-19-11-12-22(27-7)17(5)25(19)29-26(20)24/h4*9-14H,1-6,8H3/q4*+1/i2*1D3,5D3,13D,14D;1D3,5D3,12D,14D;1D3,4D3,13D,14D. The van der Waals surface area contributed by atoms with Gasteiger partial charge in [0.05, 0.1) is 54.0 Å². The van der Waals surface area contributed by atoms with Crippen LogP contribution in [0.2, 0.25) is 0 Å². The van der Waals surface area contributed by atoms with E-state index in [1.54, 1.807) is 117 Å². The first-order valence-electron chi connectivity index (χ1n) is 53.3. The van der Waals surface area contributed by atoms with Gasteiger partial charge in [-0.25, -0.2) is 19.4 Å². The number of aromatic nitrogens is 4. The molecule has 0 spiro atoms. The van der Waals surface area contributed by atoms with Gasteiger partial charge in [0, 0.05) is 156 Å². The molecule has 16 aromatic rings. The van der Waals surface area contributed by atoms with Crippen molar-refractivity contribution in [3.05, 3.63) is 279 Å². The Morgan fingerprint density at radius 3 is 1.14 bits per heavy atom. The molecule has 0 amide bonds. The second-order valence-electron chi connectivity index (χ2n) is 29.9. The lowest BCUT2D eigenvalue weighted by molar-refractivity contribution is -0.667. The number of hydrogen-bond acceptors (Lipinski definition) is 4. The summed E-state index contributed by atoms with van der Waals surface area (Å²) < 4.78 is 297. The Morgan fingerprint density at radius 1 is 0.319 bits per heavy atom. The largest absolute Gasteiger partial charge is 0.456 e. The first-order valence-corrected chi connectivity index (χ1v) is 37.3. The number of aryl methyl sites for hydroxylation is 8. The Hall–Kier alpha value is -12.5. The predicted octanol–water partition coefficient (Wildman–Crippen LogP) is 27.9. The molecule has 584 valence electrons. The lowest BCUT2D eigenvalue weighted by Crippen LogP contribution is -2.36. The van der Waals surface area contributed by atoms with Crippen LogP contribution in [0, 0.1) is 137 Å². The summed E-state index contributed by atoms with van der Waals surface area (Å²) in [6, 6.07) is 27.5. The SMILES string of the molecule is [2H]c1c(C([2H])(C)C([2H])([2H])[2H])c(C([2H])([2H])[2H])c(C)[n+](C)c1-c1c(C)cc(C)c2c1oc1cc([N+]#[C-])ccc12.[2H]c1c(C([2H])(C)C([2H])([2H])[2H])c(C([2H])([2H])[2H])c(C)[n+](C)c1-c1c(C)ccc2c1oc1c(C)c([N+]#[C-])ccc12.[2H]c1c(C([2H])(C)C([2H])([2H])[2H])c(C([2H])([2H])[2H])c(C)[n+](C)c1-c1c(C)ccc2c1oc1cc([N+]#[C-])c(C)cc12.[2H]c1c(C([2H])(C)C([2H])([2H])[2H])c(C([2H])([2H])[2H])c(C)[n+](C)c1-c1c(C)ccc2c1oc1cc([N+]#[C-])cc(C)c12. The highest BCUT2D eigenvalue weighted by molar-refractivity contribution is 6.15. The van der Waals surface area contributed by atoms with Crippen molar-refractivity contribution in [3.8, 4) is 45.0 Å². The second kappa shape index (κ2) is 31.4. The first-order chi connectivity index (χ1) is 67.7. The smallest absolute Gasteiger partial charge is 0.216 e. The van der Waals surface area contributed by atoms with Crippen LogP contribution < -0.4 is 18.3 Å². The molecular weight excluding hydrogens is 1430 g/mol. The van der Waals surface area contributed by atoms with Gasteiger partial charge in [-0.1, -0.05) is 134 Å². The summed E-state index contributed by atoms with van der Waals surface area (Å²) in [5, 5.41) is 6.23. The summed E-state index contributed by atoms with van der Waals surface area (Å²) in [6.45, 7) is 32.6. The van der Waals surface area contributed by atoms with Crippen LogP contribution in [-0.4, -0.2) is 0 Å². The van der Waals surface area contributed by atoms with Crippen molar-refractivity contribution in [2.24, 2.45) is 28.2 Å². The van der Waals surface area contributed by atoms with E-state index in [9.17, 15) is 1.37 Å². The van der Waals surface area contributed by atoms with Gasteiger partial charge in [-0.15, -0.1) is 0 Å². The van der Waals surface area contributed by atoms with Gasteiger partial charge in [0.2, 0.25) is 22.8 Å². The molecule has 16 rings (SSSR count). The topological polar surface area (TPSA) is 85.5 Å². The summed E-state index contributed by atoms with van der Waals surface area (Å²) in [7, 11) is 6.51. The van der Waals surface area contributed by atoms with Crippen molar-refractivity contribution in [2.45, 2.75) is 189 Å². The quantitative estimate of drug-likeness (QED) is 0.112. The lowest BCUT2D eigenvalue weighted by atomic mass is 9.92. The second-order valence-corrected chi connectivity index (χ2v) is 29.9. The van der Waals surface area contributed by atoms with Gasteiger partial charge in [-0.3, -0.25) is 0 Å². The number of furan rings is 4. The van der Waals surface area contributed by atoms with Crippen LogP contribution in [0.1, 0.15) is 234 Å². The average molecular weight is 1570 g/mol. The molecule has 116 heavy (non-hydrogen) atoms. The van der Waals surface area contributed by atoms with E-state index in [4.69, 9.17) is 86.5 Å².